The van der Waals surface area contributed by atoms with Gasteiger partial charge in [-0.1, -0.05) is 0 Å². The first-order valence-electron chi connectivity index (χ1n) is 2.16. The number of halogens is 2. The number of rotatable bonds is 1. The number of aromatic amines is 1. The summed E-state index contributed by atoms with van der Waals surface area (Å²) < 4.78 is 27.0. The molecule has 1 N–H and O–H groups in total. The predicted octanol–water partition coefficient (Wildman–Crippen LogP) is 0.905. The molecule has 0 saturated carbocycles. The van der Waals surface area contributed by atoms with Crippen LogP contribution in [-0.2, 0) is 0 Å². The quantitative estimate of drug-likeness (QED) is 0.621. The largest absolute Gasteiger partial charge is 0.416 e. The van der Waals surface area contributed by atoms with Crippen LogP contribution < -0.4 is 5.76 Å². The van der Waals surface area contributed by atoms with Crippen molar-refractivity contribution in [3.63, 3.8) is 0 Å². The normalized spacial score (nSPS) is 10.6. The van der Waals surface area contributed by atoms with Crippen molar-refractivity contribution in [2.45, 2.75) is 6.43 Å². The van der Waals surface area contributed by atoms with Crippen molar-refractivity contribution < 1.29 is 13.2 Å². The summed E-state index contributed by atoms with van der Waals surface area (Å²) in [5, 5.41) is 0. The lowest BCUT2D eigenvalue weighted by molar-refractivity contribution is 0.120. The smallest absolute Gasteiger partial charge is 0.407 e. The molecule has 0 radical (unpaired) electrons. The van der Waals surface area contributed by atoms with Gasteiger partial charge >= 0.3 is 5.76 Å². The average Bonchev–Trinajstić information content (AvgIpc) is 2.14. The Labute approximate surface area is 48.3 Å². The summed E-state index contributed by atoms with van der Waals surface area (Å²) in [5.74, 6) is -1.48. The highest BCUT2D eigenvalue weighted by atomic mass is 19.3. The minimum Gasteiger partial charge on any atom is -0.407 e. The highest BCUT2D eigenvalue weighted by Gasteiger charge is 2.10. The summed E-state index contributed by atoms with van der Waals surface area (Å²) in [6, 6.07) is 0. The topological polar surface area (TPSA) is 46.0 Å². The van der Waals surface area contributed by atoms with Crippen LogP contribution in [0.4, 0.5) is 8.78 Å². The zero-order chi connectivity index (χ0) is 6.85. The Morgan fingerprint density at radius 1 is 1.67 bits per heavy atom. The molecule has 0 spiro atoms. The zero-order valence-electron chi connectivity index (χ0n) is 4.23. The molecule has 5 heteroatoms. The lowest BCUT2D eigenvalue weighted by Gasteiger charge is -1.85. The predicted molar refractivity (Wildman–Crippen MR) is 24.3 cm³/mol. The van der Waals surface area contributed by atoms with Crippen LogP contribution in [0.25, 0.3) is 0 Å². The molecular formula is C4H3F2NO2. The van der Waals surface area contributed by atoms with Crippen LogP contribution in [0.2, 0.25) is 0 Å². The summed E-state index contributed by atoms with van der Waals surface area (Å²) in [6.45, 7) is 0. The van der Waals surface area contributed by atoms with E-state index in [1.807, 2.05) is 4.98 Å². The van der Waals surface area contributed by atoms with Crippen LogP contribution in [0.3, 0.4) is 0 Å². The molecule has 1 aromatic heterocycles. The third-order valence-corrected chi connectivity index (χ3v) is 0.758. The number of nitrogens with one attached hydrogen (secondary N) is 1. The van der Waals surface area contributed by atoms with Gasteiger partial charge in [-0.25, -0.2) is 13.6 Å². The SMILES string of the molecule is O=c1[nH]cc(C(F)F)o1. The Morgan fingerprint density at radius 2 is 2.33 bits per heavy atom. The van der Waals surface area contributed by atoms with Crippen molar-refractivity contribution >= 4 is 0 Å². The number of alkyl halides is 2. The molecule has 3 nitrogen and oxygen atoms in total. The van der Waals surface area contributed by atoms with Gasteiger partial charge < -0.3 is 4.42 Å². The van der Waals surface area contributed by atoms with E-state index in [1.165, 1.54) is 0 Å². The highest BCUT2D eigenvalue weighted by Crippen LogP contribution is 2.14. The molecular weight excluding hydrogens is 132 g/mol. The Kier molecular flexibility index (Phi) is 1.33. The van der Waals surface area contributed by atoms with Crippen molar-refractivity contribution in [2.75, 3.05) is 0 Å². The maximum absolute atomic E-state index is 11.5. The molecule has 0 fully saturated rings. The molecule has 1 aromatic rings. The molecule has 0 saturated heterocycles. The van der Waals surface area contributed by atoms with Gasteiger partial charge in [0, 0.05) is 0 Å². The Balaban J connectivity index is 2.98. The van der Waals surface area contributed by atoms with E-state index in [0.717, 1.165) is 6.20 Å². The first kappa shape index (κ1) is 6.00. The van der Waals surface area contributed by atoms with Crippen LogP contribution in [0.1, 0.15) is 12.2 Å². The van der Waals surface area contributed by atoms with E-state index in [-0.39, 0.29) is 0 Å². The van der Waals surface area contributed by atoms with E-state index in [1.54, 1.807) is 0 Å². The molecule has 0 bridgehead atoms. The van der Waals surface area contributed by atoms with Gasteiger partial charge in [-0.15, -0.1) is 0 Å². The molecule has 0 aromatic carbocycles. The van der Waals surface area contributed by atoms with Gasteiger partial charge in [0.25, 0.3) is 6.43 Å². The Bertz CT molecular complexity index is 239. The van der Waals surface area contributed by atoms with E-state index in [2.05, 4.69) is 4.42 Å². The van der Waals surface area contributed by atoms with E-state index in [9.17, 15) is 13.6 Å². The molecule has 0 aliphatic carbocycles. The van der Waals surface area contributed by atoms with Crippen LogP contribution >= 0.6 is 0 Å². The van der Waals surface area contributed by atoms with Crippen molar-refractivity contribution in [1.29, 1.82) is 0 Å². The summed E-state index contributed by atoms with van der Waals surface area (Å²) in [4.78, 5) is 12.0. The number of H-pyrrole nitrogens is 1. The van der Waals surface area contributed by atoms with Crippen LogP contribution in [0.15, 0.2) is 15.4 Å². The number of aromatic nitrogens is 1. The molecule has 0 unspecified atom stereocenters. The van der Waals surface area contributed by atoms with Gasteiger partial charge in [-0.05, 0) is 0 Å². The molecule has 1 heterocycles. The number of hydrogen-bond acceptors (Lipinski definition) is 2. The molecule has 50 valence electrons. The summed E-state index contributed by atoms with van der Waals surface area (Å²) in [7, 11) is 0. The lowest BCUT2D eigenvalue weighted by atomic mass is 10.5. The van der Waals surface area contributed by atoms with Crippen molar-refractivity contribution in [3.8, 4) is 0 Å². The van der Waals surface area contributed by atoms with Crippen molar-refractivity contribution in [2.24, 2.45) is 0 Å². The lowest BCUT2D eigenvalue weighted by Crippen LogP contribution is -1.92. The minimum atomic E-state index is -2.72. The number of oxazole rings is 1. The first-order chi connectivity index (χ1) is 4.20. The van der Waals surface area contributed by atoms with E-state index in [0.29, 0.717) is 0 Å². The van der Waals surface area contributed by atoms with Crippen LogP contribution in [0.5, 0.6) is 0 Å². The molecule has 1 rings (SSSR count). The molecule has 0 atom stereocenters. The van der Waals surface area contributed by atoms with Gasteiger partial charge in [0.15, 0.2) is 5.76 Å². The fraction of sp³-hybridized carbons (Fsp3) is 0.250. The van der Waals surface area contributed by atoms with Gasteiger partial charge in [-0.2, -0.15) is 0 Å². The van der Waals surface area contributed by atoms with Crippen molar-refractivity contribution in [1.82, 2.24) is 4.98 Å². The average molecular weight is 135 g/mol. The summed E-state index contributed by atoms with van der Waals surface area (Å²) in [6.07, 6.45) is -1.88. The summed E-state index contributed by atoms with van der Waals surface area (Å²) >= 11 is 0. The molecule has 0 amide bonds. The van der Waals surface area contributed by atoms with E-state index >= 15 is 0 Å². The summed E-state index contributed by atoms with van der Waals surface area (Å²) in [5.41, 5.74) is 0. The highest BCUT2D eigenvalue weighted by molar-refractivity contribution is 4.88. The molecule has 0 aliphatic rings. The third-order valence-electron chi connectivity index (χ3n) is 0.758. The van der Waals surface area contributed by atoms with Gasteiger partial charge in [0.2, 0.25) is 0 Å². The van der Waals surface area contributed by atoms with Gasteiger partial charge in [0.1, 0.15) is 0 Å². The van der Waals surface area contributed by atoms with Crippen LogP contribution in [-0.4, -0.2) is 4.98 Å². The monoisotopic (exact) mass is 135 g/mol. The molecule has 9 heavy (non-hydrogen) atoms. The minimum absolute atomic E-state index is 0.625. The van der Waals surface area contributed by atoms with Crippen molar-refractivity contribution in [3.05, 3.63) is 22.5 Å². The third kappa shape index (κ3) is 1.16. The zero-order valence-corrected chi connectivity index (χ0v) is 4.23. The fourth-order valence-electron chi connectivity index (χ4n) is 0.404. The van der Waals surface area contributed by atoms with E-state index < -0.39 is 17.9 Å². The number of hydrogen-bond donors (Lipinski definition) is 1. The Hall–Kier alpha value is -1.13. The van der Waals surface area contributed by atoms with Gasteiger partial charge in [-0.3, -0.25) is 4.98 Å². The molecule has 0 aliphatic heterocycles. The van der Waals surface area contributed by atoms with Crippen LogP contribution in [0, 0.1) is 0 Å². The van der Waals surface area contributed by atoms with E-state index in [4.69, 9.17) is 0 Å². The fourth-order valence-corrected chi connectivity index (χ4v) is 0.404. The standard InChI is InChI=1S/C4H3F2NO2/c5-3(6)2-1-7-4(8)9-2/h1,3H,(H,7,8). The second-order valence-corrected chi connectivity index (χ2v) is 1.38. The maximum Gasteiger partial charge on any atom is 0.416 e. The second-order valence-electron chi connectivity index (χ2n) is 1.38. The van der Waals surface area contributed by atoms with Gasteiger partial charge in [0.05, 0.1) is 6.20 Å². The Morgan fingerprint density at radius 3 is 2.56 bits per heavy atom. The second kappa shape index (κ2) is 2.00. The maximum atomic E-state index is 11.5. The first-order valence-corrected chi connectivity index (χ1v) is 2.16.